The number of hydrogen-bond acceptors (Lipinski definition) is 3. The van der Waals surface area contributed by atoms with E-state index in [2.05, 4.69) is 20.4 Å². The molecular formula is C20H30O3. The van der Waals surface area contributed by atoms with Gasteiger partial charge in [-0.25, -0.2) is 0 Å². The van der Waals surface area contributed by atoms with E-state index in [1.807, 2.05) is 6.92 Å². The van der Waals surface area contributed by atoms with E-state index in [0.29, 0.717) is 30.0 Å². The Morgan fingerprint density at radius 3 is 2.65 bits per heavy atom. The largest absolute Gasteiger partial charge is 0.392 e. The highest BCUT2D eigenvalue weighted by molar-refractivity contribution is 5.91. The summed E-state index contributed by atoms with van der Waals surface area (Å²) in [4.78, 5) is 13.4. The van der Waals surface area contributed by atoms with Gasteiger partial charge in [0.25, 0.3) is 0 Å². The molecule has 23 heavy (non-hydrogen) atoms. The fraction of sp³-hybridized carbons (Fsp3) is 0.850. The summed E-state index contributed by atoms with van der Waals surface area (Å²) >= 11 is 0. The van der Waals surface area contributed by atoms with Gasteiger partial charge in [0.05, 0.1) is 12.2 Å². The van der Waals surface area contributed by atoms with E-state index in [0.717, 1.165) is 19.3 Å². The lowest BCUT2D eigenvalue weighted by atomic mass is 9.42. The Bertz CT molecular complexity index is 571. The first-order chi connectivity index (χ1) is 10.8. The van der Waals surface area contributed by atoms with Crippen molar-refractivity contribution in [3.05, 3.63) is 12.7 Å². The molecule has 5 aliphatic carbocycles. The molecule has 5 rings (SSSR count). The number of Topliss-reactive ketones (excluding diaryl/α,β-unsaturated/α-hetero) is 1. The summed E-state index contributed by atoms with van der Waals surface area (Å²) in [5.74, 6) is 1.52. The molecule has 0 radical (unpaired) electrons. The summed E-state index contributed by atoms with van der Waals surface area (Å²) in [5, 5.41) is 11.3. The minimum absolute atomic E-state index is 0.0648. The second-order valence-electron chi connectivity index (χ2n) is 9.27. The predicted octanol–water partition coefficient (Wildman–Crippen LogP) is 3.22. The molecule has 128 valence electrons. The normalized spacial score (nSPS) is 60.7. The second kappa shape index (κ2) is 4.49. The average Bonchev–Trinajstić information content (AvgIpc) is 2.99. The van der Waals surface area contributed by atoms with Crippen LogP contribution in [0.25, 0.3) is 0 Å². The lowest BCUT2D eigenvalue weighted by Crippen LogP contribution is -2.62. The molecule has 1 spiro atoms. The smallest absolute Gasteiger partial charge is 0.146 e. The van der Waals surface area contributed by atoms with Gasteiger partial charge in [-0.2, -0.15) is 0 Å². The number of ketones is 1. The van der Waals surface area contributed by atoms with Crippen LogP contribution in [0.3, 0.4) is 0 Å². The average molecular weight is 318 g/mol. The molecule has 5 saturated carbocycles. The molecule has 0 aliphatic heterocycles. The fourth-order valence-electron chi connectivity index (χ4n) is 7.20. The third-order valence-electron chi connectivity index (χ3n) is 8.71. The Morgan fingerprint density at radius 1 is 1.35 bits per heavy atom. The highest BCUT2D eigenvalue weighted by Crippen LogP contribution is 2.78. The highest BCUT2D eigenvalue weighted by Gasteiger charge is 2.79. The van der Waals surface area contributed by atoms with E-state index in [9.17, 15) is 9.90 Å². The number of rotatable bonds is 2. The lowest BCUT2D eigenvalue weighted by molar-refractivity contribution is -0.185. The van der Waals surface area contributed by atoms with Crippen molar-refractivity contribution in [2.24, 2.45) is 39.9 Å². The molecule has 5 bridgehead atoms. The maximum Gasteiger partial charge on any atom is 0.146 e. The Morgan fingerprint density at radius 2 is 2.04 bits per heavy atom. The Balaban J connectivity index is 1.93. The van der Waals surface area contributed by atoms with Crippen LogP contribution in [0, 0.1) is 39.9 Å². The third-order valence-corrected chi connectivity index (χ3v) is 8.71. The van der Waals surface area contributed by atoms with Crippen molar-refractivity contribution in [3.63, 3.8) is 0 Å². The predicted molar refractivity (Wildman–Crippen MR) is 88.8 cm³/mol. The van der Waals surface area contributed by atoms with E-state index >= 15 is 0 Å². The summed E-state index contributed by atoms with van der Waals surface area (Å²) in [6, 6.07) is 0. The van der Waals surface area contributed by atoms with Gasteiger partial charge in [-0.05, 0) is 55.8 Å². The summed E-state index contributed by atoms with van der Waals surface area (Å²) in [6.45, 7) is 10.5. The highest BCUT2D eigenvalue weighted by atomic mass is 16.5. The Kier molecular flexibility index (Phi) is 3.09. The van der Waals surface area contributed by atoms with Gasteiger partial charge in [-0.3, -0.25) is 4.79 Å². The molecule has 1 N–H and O–H groups in total. The first kappa shape index (κ1) is 15.8. The zero-order valence-electron chi connectivity index (χ0n) is 14.8. The van der Waals surface area contributed by atoms with E-state index in [1.54, 1.807) is 13.2 Å². The van der Waals surface area contributed by atoms with Crippen LogP contribution < -0.4 is 0 Å². The quantitative estimate of drug-likeness (QED) is 0.795. The number of hydrogen-bond donors (Lipinski definition) is 1. The van der Waals surface area contributed by atoms with Crippen molar-refractivity contribution in [3.8, 4) is 0 Å². The first-order valence-corrected chi connectivity index (χ1v) is 9.15. The standard InChI is InChI=1S/C20H30O3/c1-6-18(3)10-13(21)19(4)11(2)7-8-20-9-12(14(20)17(18)22)15(23-5)16(19)20/h6,11-16,21H,1,7-10H2,2-5H3/t11?,12?,13-,14+,15-,16?,18-,19+,20+/m1/s1. The van der Waals surface area contributed by atoms with Crippen LogP contribution in [0.4, 0.5) is 0 Å². The van der Waals surface area contributed by atoms with Gasteiger partial charge < -0.3 is 9.84 Å². The summed E-state index contributed by atoms with van der Waals surface area (Å²) in [6.07, 6.45) is 5.27. The molecule has 5 fully saturated rings. The number of carbonyl (C=O) groups excluding carboxylic acids is 1. The molecule has 0 aromatic carbocycles. The van der Waals surface area contributed by atoms with Gasteiger partial charge in [0.1, 0.15) is 5.78 Å². The molecule has 0 aromatic heterocycles. The van der Waals surface area contributed by atoms with Crippen molar-refractivity contribution in [2.75, 3.05) is 7.11 Å². The minimum atomic E-state index is -0.611. The van der Waals surface area contributed by atoms with Crippen LogP contribution in [0.1, 0.15) is 46.5 Å². The number of aliphatic hydroxyl groups is 1. The van der Waals surface area contributed by atoms with Crippen molar-refractivity contribution < 1.29 is 14.6 Å². The van der Waals surface area contributed by atoms with E-state index in [1.165, 1.54) is 0 Å². The molecule has 5 aliphatic rings. The fourth-order valence-corrected chi connectivity index (χ4v) is 7.20. The number of aliphatic hydroxyl groups excluding tert-OH is 1. The van der Waals surface area contributed by atoms with Gasteiger partial charge in [-0.15, -0.1) is 6.58 Å². The summed E-state index contributed by atoms with van der Waals surface area (Å²) in [7, 11) is 1.79. The second-order valence-corrected chi connectivity index (χ2v) is 9.27. The van der Waals surface area contributed by atoms with E-state index < -0.39 is 11.5 Å². The molecule has 9 atom stereocenters. The topological polar surface area (TPSA) is 46.5 Å². The lowest BCUT2D eigenvalue weighted by Gasteiger charge is -2.62. The molecule has 3 heteroatoms. The molecule has 3 nitrogen and oxygen atoms in total. The van der Waals surface area contributed by atoms with Crippen LogP contribution in [0.5, 0.6) is 0 Å². The van der Waals surface area contributed by atoms with Crippen molar-refractivity contribution in [2.45, 2.75) is 58.7 Å². The molecule has 3 unspecified atom stereocenters. The monoisotopic (exact) mass is 318 g/mol. The zero-order chi connectivity index (χ0) is 16.8. The molecule has 0 amide bonds. The maximum absolute atomic E-state index is 13.4. The first-order valence-electron chi connectivity index (χ1n) is 9.15. The summed E-state index contributed by atoms with van der Waals surface area (Å²) < 4.78 is 5.94. The van der Waals surface area contributed by atoms with E-state index in [-0.39, 0.29) is 22.9 Å². The maximum atomic E-state index is 13.4. The number of carbonyl (C=O) groups is 1. The Labute approximate surface area is 139 Å². The molecule has 0 aromatic rings. The Hall–Kier alpha value is -0.670. The van der Waals surface area contributed by atoms with Gasteiger partial charge in [0, 0.05) is 23.9 Å². The van der Waals surface area contributed by atoms with Crippen molar-refractivity contribution in [1.29, 1.82) is 0 Å². The van der Waals surface area contributed by atoms with Crippen molar-refractivity contribution >= 4 is 5.78 Å². The van der Waals surface area contributed by atoms with E-state index in [4.69, 9.17) is 4.74 Å². The zero-order valence-corrected chi connectivity index (χ0v) is 14.8. The van der Waals surface area contributed by atoms with Gasteiger partial charge in [0.15, 0.2) is 0 Å². The number of ether oxygens (including phenoxy) is 1. The SMILES string of the molecule is C=C[C@]1(C)C[C@@H](O)[C@]2(C)C(C)CC[C@@]34CC([C@@H](OC)C32)[C@H]4C1=O. The molecule has 0 saturated heterocycles. The van der Waals surface area contributed by atoms with Crippen LogP contribution in [0.15, 0.2) is 12.7 Å². The molecular weight excluding hydrogens is 288 g/mol. The summed E-state index contributed by atoms with van der Waals surface area (Å²) in [5.41, 5.74) is -0.720. The van der Waals surface area contributed by atoms with Gasteiger partial charge in [0.2, 0.25) is 0 Å². The van der Waals surface area contributed by atoms with Crippen LogP contribution in [-0.2, 0) is 9.53 Å². The third kappa shape index (κ3) is 1.52. The van der Waals surface area contributed by atoms with Crippen LogP contribution in [0.2, 0.25) is 0 Å². The van der Waals surface area contributed by atoms with Gasteiger partial charge in [-0.1, -0.05) is 19.9 Å². The van der Waals surface area contributed by atoms with Crippen LogP contribution >= 0.6 is 0 Å². The van der Waals surface area contributed by atoms with Gasteiger partial charge >= 0.3 is 0 Å². The van der Waals surface area contributed by atoms with Crippen molar-refractivity contribution in [1.82, 2.24) is 0 Å². The van der Waals surface area contributed by atoms with Crippen LogP contribution in [-0.4, -0.2) is 30.2 Å². The molecule has 0 heterocycles. The number of allylic oxidation sites excluding steroid dienone is 1. The minimum Gasteiger partial charge on any atom is -0.392 e. The number of methoxy groups -OCH3 is 1.